The van der Waals surface area contributed by atoms with Crippen molar-refractivity contribution in [2.24, 2.45) is 5.92 Å². The highest BCUT2D eigenvalue weighted by Gasteiger charge is 2.30. The molecule has 0 bridgehead atoms. The smallest absolute Gasteiger partial charge is 0.307 e. The van der Waals surface area contributed by atoms with Gasteiger partial charge >= 0.3 is 5.97 Å². The van der Waals surface area contributed by atoms with Crippen molar-refractivity contribution in [1.29, 1.82) is 0 Å². The molecule has 1 aliphatic rings. The molecule has 1 aromatic rings. The Kier molecular flexibility index (Phi) is 4.53. The molecule has 0 amide bonds. The molecule has 2 rings (SSSR count). The molecule has 1 fully saturated rings. The molecule has 1 aromatic carbocycles. The zero-order chi connectivity index (χ0) is 13.8. The molecular weight excluding hydrogens is 245 g/mol. The summed E-state index contributed by atoms with van der Waals surface area (Å²) >= 11 is 0. The number of halogens is 1. The Morgan fingerprint density at radius 2 is 2.37 bits per heavy atom. The molecular formula is C15H20FNO2. The molecule has 2 atom stereocenters. The number of carboxylic acid groups (broad SMARTS) is 1. The number of benzene rings is 1. The lowest BCUT2D eigenvalue weighted by Crippen LogP contribution is -2.32. The van der Waals surface area contributed by atoms with Crippen molar-refractivity contribution in [2.75, 3.05) is 13.1 Å². The molecule has 1 saturated heterocycles. The Bertz CT molecular complexity index is 450. The van der Waals surface area contributed by atoms with Gasteiger partial charge in [0.1, 0.15) is 5.82 Å². The lowest BCUT2D eigenvalue weighted by molar-refractivity contribution is -0.141. The third-order valence-corrected chi connectivity index (χ3v) is 3.93. The molecule has 0 aliphatic carbocycles. The molecule has 1 N–H and O–H groups in total. The number of aryl methyl sites for hydroxylation is 1. The summed E-state index contributed by atoms with van der Waals surface area (Å²) in [7, 11) is 0. The summed E-state index contributed by atoms with van der Waals surface area (Å²) in [5, 5.41) is 8.98. The molecule has 4 heteroatoms. The highest BCUT2D eigenvalue weighted by atomic mass is 19.1. The van der Waals surface area contributed by atoms with Crippen molar-refractivity contribution in [3.8, 4) is 0 Å². The van der Waals surface area contributed by atoms with Gasteiger partial charge in [0, 0.05) is 12.6 Å². The van der Waals surface area contributed by atoms with E-state index in [1.165, 1.54) is 6.07 Å². The van der Waals surface area contributed by atoms with Crippen LogP contribution in [0.2, 0.25) is 0 Å². The molecule has 0 aromatic heterocycles. The summed E-state index contributed by atoms with van der Waals surface area (Å²) < 4.78 is 13.1. The minimum absolute atomic E-state index is 0.197. The van der Waals surface area contributed by atoms with Crippen LogP contribution in [0, 0.1) is 11.7 Å². The lowest BCUT2D eigenvalue weighted by atomic mass is 10.1. The van der Waals surface area contributed by atoms with E-state index in [0.717, 1.165) is 31.4 Å². The number of hydrogen-bond acceptors (Lipinski definition) is 2. The fourth-order valence-corrected chi connectivity index (χ4v) is 2.64. The lowest BCUT2D eigenvalue weighted by Gasteiger charge is -2.24. The minimum Gasteiger partial charge on any atom is -0.481 e. The maximum Gasteiger partial charge on any atom is 0.307 e. The SMILES string of the molecule is CC(CCc1cccc(F)c1)N1CCC(C(=O)O)C1. The molecule has 3 nitrogen and oxygen atoms in total. The van der Waals surface area contributed by atoms with Crippen molar-refractivity contribution in [3.63, 3.8) is 0 Å². The van der Waals surface area contributed by atoms with Crippen molar-refractivity contribution in [2.45, 2.75) is 32.2 Å². The van der Waals surface area contributed by atoms with E-state index in [-0.39, 0.29) is 11.7 Å². The number of likely N-dealkylation sites (tertiary alicyclic amines) is 1. The molecule has 19 heavy (non-hydrogen) atoms. The fraction of sp³-hybridized carbons (Fsp3) is 0.533. The van der Waals surface area contributed by atoms with Crippen LogP contribution in [0.25, 0.3) is 0 Å². The standard InChI is InChI=1S/C15H20FNO2/c1-11(17-8-7-13(10-17)15(18)19)5-6-12-3-2-4-14(16)9-12/h2-4,9,11,13H,5-8,10H2,1H3,(H,18,19). The van der Waals surface area contributed by atoms with Crippen molar-refractivity contribution in [3.05, 3.63) is 35.6 Å². The third kappa shape index (κ3) is 3.77. The van der Waals surface area contributed by atoms with E-state index in [0.29, 0.717) is 12.6 Å². The van der Waals surface area contributed by atoms with Gasteiger partial charge < -0.3 is 5.11 Å². The van der Waals surface area contributed by atoms with E-state index in [1.807, 2.05) is 6.07 Å². The van der Waals surface area contributed by atoms with Gasteiger partial charge in [-0.2, -0.15) is 0 Å². The van der Waals surface area contributed by atoms with Gasteiger partial charge in [-0.25, -0.2) is 4.39 Å². The molecule has 0 spiro atoms. The Hall–Kier alpha value is -1.42. The predicted octanol–water partition coefficient (Wildman–Crippen LogP) is 2.55. The Morgan fingerprint density at radius 3 is 3.00 bits per heavy atom. The van der Waals surface area contributed by atoms with E-state index in [1.54, 1.807) is 12.1 Å². The van der Waals surface area contributed by atoms with Crippen molar-refractivity contribution in [1.82, 2.24) is 4.90 Å². The maximum absolute atomic E-state index is 13.1. The summed E-state index contributed by atoms with van der Waals surface area (Å²) in [6.07, 6.45) is 2.49. The Morgan fingerprint density at radius 1 is 1.58 bits per heavy atom. The van der Waals surface area contributed by atoms with E-state index in [4.69, 9.17) is 5.11 Å². The zero-order valence-corrected chi connectivity index (χ0v) is 11.2. The van der Waals surface area contributed by atoms with Gasteiger partial charge in [0.15, 0.2) is 0 Å². The number of nitrogens with zero attached hydrogens (tertiary/aromatic N) is 1. The average molecular weight is 265 g/mol. The molecule has 2 unspecified atom stereocenters. The summed E-state index contributed by atoms with van der Waals surface area (Å²) in [5.74, 6) is -1.12. The number of carboxylic acids is 1. The van der Waals surface area contributed by atoms with Gasteiger partial charge in [-0.15, -0.1) is 0 Å². The first-order valence-corrected chi connectivity index (χ1v) is 6.77. The van der Waals surface area contributed by atoms with Gasteiger partial charge in [-0.1, -0.05) is 12.1 Å². The largest absolute Gasteiger partial charge is 0.481 e. The normalized spacial score (nSPS) is 21.5. The minimum atomic E-state index is -0.695. The molecule has 0 radical (unpaired) electrons. The van der Waals surface area contributed by atoms with Crippen LogP contribution in [0.3, 0.4) is 0 Å². The van der Waals surface area contributed by atoms with Crippen LogP contribution >= 0.6 is 0 Å². The number of aliphatic carboxylic acids is 1. The number of carbonyl (C=O) groups is 1. The summed E-state index contributed by atoms with van der Waals surface area (Å²) in [4.78, 5) is 13.1. The summed E-state index contributed by atoms with van der Waals surface area (Å²) in [5.41, 5.74) is 1.00. The molecule has 1 heterocycles. The van der Waals surface area contributed by atoms with E-state index >= 15 is 0 Å². The molecule has 1 aliphatic heterocycles. The van der Waals surface area contributed by atoms with E-state index in [2.05, 4.69) is 11.8 Å². The van der Waals surface area contributed by atoms with Gasteiger partial charge in [-0.3, -0.25) is 9.69 Å². The average Bonchev–Trinajstić information content (AvgIpc) is 2.86. The van der Waals surface area contributed by atoms with E-state index < -0.39 is 5.97 Å². The predicted molar refractivity (Wildman–Crippen MR) is 71.5 cm³/mol. The van der Waals surface area contributed by atoms with Crippen molar-refractivity contribution >= 4 is 5.97 Å². The quantitative estimate of drug-likeness (QED) is 0.889. The fourth-order valence-electron chi connectivity index (χ4n) is 2.64. The first-order valence-electron chi connectivity index (χ1n) is 6.77. The second-order valence-corrected chi connectivity index (χ2v) is 5.34. The Labute approximate surface area is 113 Å². The Balaban J connectivity index is 1.82. The maximum atomic E-state index is 13.1. The first-order chi connectivity index (χ1) is 9.06. The second kappa shape index (κ2) is 6.15. The number of rotatable bonds is 5. The highest BCUT2D eigenvalue weighted by Crippen LogP contribution is 2.21. The van der Waals surface area contributed by atoms with Crippen LogP contribution in [0.5, 0.6) is 0 Å². The summed E-state index contributed by atoms with van der Waals surface area (Å²) in [6.45, 7) is 3.60. The van der Waals surface area contributed by atoms with Gasteiger partial charge in [-0.05, 0) is 50.4 Å². The van der Waals surface area contributed by atoms with Gasteiger partial charge in [0.05, 0.1) is 5.92 Å². The highest BCUT2D eigenvalue weighted by molar-refractivity contribution is 5.70. The number of hydrogen-bond donors (Lipinski definition) is 1. The van der Waals surface area contributed by atoms with Crippen LogP contribution in [0.1, 0.15) is 25.3 Å². The van der Waals surface area contributed by atoms with Gasteiger partial charge in [0.2, 0.25) is 0 Å². The van der Waals surface area contributed by atoms with Crippen LogP contribution < -0.4 is 0 Å². The summed E-state index contributed by atoms with van der Waals surface area (Å²) in [6, 6.07) is 7.01. The second-order valence-electron chi connectivity index (χ2n) is 5.34. The van der Waals surface area contributed by atoms with Crippen LogP contribution in [-0.4, -0.2) is 35.1 Å². The first kappa shape index (κ1) is 14.0. The van der Waals surface area contributed by atoms with Crippen LogP contribution in [0.15, 0.2) is 24.3 Å². The topological polar surface area (TPSA) is 40.5 Å². The zero-order valence-electron chi connectivity index (χ0n) is 11.2. The monoisotopic (exact) mass is 265 g/mol. The van der Waals surface area contributed by atoms with Crippen molar-refractivity contribution < 1.29 is 14.3 Å². The van der Waals surface area contributed by atoms with Crippen LogP contribution in [-0.2, 0) is 11.2 Å². The third-order valence-electron chi connectivity index (χ3n) is 3.93. The van der Waals surface area contributed by atoms with Crippen LogP contribution in [0.4, 0.5) is 4.39 Å². The molecule has 0 saturated carbocycles. The molecule has 104 valence electrons. The van der Waals surface area contributed by atoms with Gasteiger partial charge in [0.25, 0.3) is 0 Å². The van der Waals surface area contributed by atoms with E-state index in [9.17, 15) is 9.18 Å².